The molecule has 1 aromatic heterocycles. The van der Waals surface area contributed by atoms with Gasteiger partial charge in [-0.25, -0.2) is 9.78 Å². The topological polar surface area (TPSA) is 68.3 Å². The van der Waals surface area contributed by atoms with Gasteiger partial charge in [0.2, 0.25) is 0 Å². The summed E-state index contributed by atoms with van der Waals surface area (Å²) in [5, 5.41) is 3.20. The first-order chi connectivity index (χ1) is 8.65. The molecule has 98 valence electrons. The van der Waals surface area contributed by atoms with Gasteiger partial charge in [-0.05, 0) is 25.0 Å². The summed E-state index contributed by atoms with van der Waals surface area (Å²) in [6, 6.07) is 3.89. The summed E-state index contributed by atoms with van der Waals surface area (Å²) in [6.07, 6.45) is 2.25. The van der Waals surface area contributed by atoms with E-state index in [-0.39, 0.29) is 5.69 Å². The molecular formula is C12H16N2O3S. The van der Waals surface area contributed by atoms with Crippen LogP contribution in [0.15, 0.2) is 17.0 Å². The summed E-state index contributed by atoms with van der Waals surface area (Å²) in [5.41, 5.74) is 0.142. The molecule has 6 heteroatoms. The Bertz CT molecular complexity index is 486. The number of nitrogens with one attached hydrogen (secondary N) is 1. The van der Waals surface area contributed by atoms with Gasteiger partial charge in [-0.1, -0.05) is 6.92 Å². The number of ether oxygens (including phenoxy) is 1. The molecule has 1 aliphatic rings. The summed E-state index contributed by atoms with van der Waals surface area (Å²) < 4.78 is 16.5. The Morgan fingerprint density at radius 3 is 2.83 bits per heavy atom. The van der Waals surface area contributed by atoms with Gasteiger partial charge in [-0.15, -0.1) is 0 Å². The highest BCUT2D eigenvalue weighted by Gasteiger charge is 2.23. The van der Waals surface area contributed by atoms with E-state index in [9.17, 15) is 9.00 Å². The van der Waals surface area contributed by atoms with Crippen LogP contribution in [0.3, 0.4) is 0 Å². The standard InChI is InChI=1S/C12H16N2O3S/c1-3-18(16)9-6-7-10(13-8-4-5-8)14-11(9)12(15)17-2/h6-8H,3-5H2,1-2H3,(H,13,14). The van der Waals surface area contributed by atoms with Crippen LogP contribution in [0.2, 0.25) is 0 Å². The molecule has 0 aromatic carbocycles. The summed E-state index contributed by atoms with van der Waals surface area (Å²) >= 11 is 0. The zero-order chi connectivity index (χ0) is 13.1. The molecular weight excluding hydrogens is 252 g/mol. The molecule has 0 radical (unpaired) electrons. The molecule has 0 saturated heterocycles. The number of esters is 1. The van der Waals surface area contributed by atoms with Crippen molar-refractivity contribution in [3.63, 3.8) is 0 Å². The highest BCUT2D eigenvalue weighted by molar-refractivity contribution is 7.85. The third kappa shape index (κ3) is 2.87. The summed E-state index contributed by atoms with van der Waals surface area (Å²) in [4.78, 5) is 16.3. The van der Waals surface area contributed by atoms with Gasteiger partial charge < -0.3 is 10.1 Å². The molecule has 0 aliphatic heterocycles. The zero-order valence-electron chi connectivity index (χ0n) is 10.4. The lowest BCUT2D eigenvalue weighted by Crippen LogP contribution is -2.13. The van der Waals surface area contributed by atoms with Gasteiger partial charge in [0.15, 0.2) is 5.69 Å². The van der Waals surface area contributed by atoms with E-state index in [1.165, 1.54) is 7.11 Å². The maximum Gasteiger partial charge on any atom is 0.358 e. The number of rotatable bonds is 5. The first kappa shape index (κ1) is 13.0. The second kappa shape index (κ2) is 5.48. The molecule has 0 spiro atoms. The summed E-state index contributed by atoms with van der Waals surface area (Å²) in [5.74, 6) is 0.530. The summed E-state index contributed by atoms with van der Waals surface area (Å²) in [7, 11) is 0.0747. The van der Waals surface area contributed by atoms with Crippen molar-refractivity contribution in [1.82, 2.24) is 4.98 Å². The average Bonchev–Trinajstić information content (AvgIpc) is 3.20. The van der Waals surface area contributed by atoms with E-state index in [0.29, 0.717) is 22.5 Å². The van der Waals surface area contributed by atoms with E-state index in [4.69, 9.17) is 0 Å². The fourth-order valence-electron chi connectivity index (χ4n) is 1.55. The minimum atomic E-state index is -1.22. The van der Waals surface area contributed by atoms with Crippen molar-refractivity contribution in [2.24, 2.45) is 0 Å². The Balaban J connectivity index is 2.33. The van der Waals surface area contributed by atoms with Gasteiger partial charge in [0.1, 0.15) is 5.82 Å². The van der Waals surface area contributed by atoms with Gasteiger partial charge in [0.05, 0.1) is 22.8 Å². The normalized spacial score (nSPS) is 16.1. The lowest BCUT2D eigenvalue weighted by Gasteiger charge is -2.09. The van der Waals surface area contributed by atoms with E-state index >= 15 is 0 Å². The fourth-order valence-corrected chi connectivity index (χ4v) is 2.42. The molecule has 0 bridgehead atoms. The van der Waals surface area contributed by atoms with E-state index in [1.807, 2.05) is 0 Å². The van der Waals surface area contributed by atoms with Gasteiger partial charge in [0.25, 0.3) is 0 Å². The van der Waals surface area contributed by atoms with E-state index in [2.05, 4.69) is 15.0 Å². The minimum absolute atomic E-state index is 0.142. The number of methoxy groups -OCH3 is 1. The van der Waals surface area contributed by atoms with Crippen LogP contribution in [0.5, 0.6) is 0 Å². The molecule has 1 atom stereocenters. The van der Waals surface area contributed by atoms with Crippen molar-refractivity contribution in [1.29, 1.82) is 0 Å². The fraction of sp³-hybridized carbons (Fsp3) is 0.500. The van der Waals surface area contributed by atoms with Crippen LogP contribution in [-0.4, -0.2) is 34.1 Å². The molecule has 1 unspecified atom stereocenters. The van der Waals surface area contributed by atoms with Crippen LogP contribution in [0, 0.1) is 0 Å². The Labute approximate surface area is 108 Å². The van der Waals surface area contributed by atoms with Gasteiger partial charge in [0, 0.05) is 11.8 Å². The van der Waals surface area contributed by atoms with Crippen LogP contribution >= 0.6 is 0 Å². The maximum absolute atomic E-state index is 11.8. The molecule has 1 N–H and O–H groups in total. The lowest BCUT2D eigenvalue weighted by atomic mass is 10.3. The molecule has 1 heterocycles. The lowest BCUT2D eigenvalue weighted by molar-refractivity contribution is 0.0589. The molecule has 18 heavy (non-hydrogen) atoms. The second-order valence-electron chi connectivity index (χ2n) is 4.09. The van der Waals surface area contributed by atoms with Gasteiger partial charge >= 0.3 is 5.97 Å². The van der Waals surface area contributed by atoms with E-state index in [0.717, 1.165) is 12.8 Å². The third-order valence-corrected chi connectivity index (χ3v) is 4.02. The number of carbonyl (C=O) groups excluding carboxylic acids is 1. The average molecular weight is 268 g/mol. The van der Waals surface area contributed by atoms with Gasteiger partial charge in [-0.2, -0.15) is 0 Å². The monoisotopic (exact) mass is 268 g/mol. The number of aromatic nitrogens is 1. The molecule has 1 fully saturated rings. The molecule has 1 saturated carbocycles. The van der Waals surface area contributed by atoms with Gasteiger partial charge in [-0.3, -0.25) is 4.21 Å². The first-order valence-corrected chi connectivity index (χ1v) is 7.22. The molecule has 5 nitrogen and oxygen atoms in total. The number of hydrogen-bond acceptors (Lipinski definition) is 5. The van der Waals surface area contributed by atoms with Crippen LogP contribution in [0.1, 0.15) is 30.3 Å². The molecule has 0 amide bonds. The Kier molecular flexibility index (Phi) is 3.96. The van der Waals surface area contributed by atoms with Crippen molar-refractivity contribution >= 4 is 22.6 Å². The predicted octanol–water partition coefficient (Wildman–Crippen LogP) is 1.57. The Hall–Kier alpha value is -1.43. The van der Waals surface area contributed by atoms with Crippen molar-refractivity contribution < 1.29 is 13.7 Å². The Morgan fingerprint density at radius 2 is 2.28 bits per heavy atom. The second-order valence-corrected chi connectivity index (χ2v) is 5.80. The van der Waals surface area contributed by atoms with Crippen LogP contribution in [0.4, 0.5) is 5.82 Å². The Morgan fingerprint density at radius 1 is 1.56 bits per heavy atom. The number of hydrogen-bond donors (Lipinski definition) is 1. The SMILES string of the molecule is CCS(=O)c1ccc(NC2CC2)nc1C(=O)OC. The number of pyridine rings is 1. The summed E-state index contributed by atoms with van der Waals surface area (Å²) in [6.45, 7) is 1.80. The number of carbonyl (C=O) groups is 1. The quantitative estimate of drug-likeness (QED) is 0.821. The van der Waals surface area contributed by atoms with Crippen LogP contribution in [0.25, 0.3) is 0 Å². The largest absolute Gasteiger partial charge is 0.464 e. The molecule has 1 aliphatic carbocycles. The van der Waals surface area contributed by atoms with Crippen molar-refractivity contribution in [2.45, 2.75) is 30.7 Å². The predicted molar refractivity (Wildman–Crippen MR) is 69.2 cm³/mol. The van der Waals surface area contributed by atoms with Crippen LogP contribution in [-0.2, 0) is 15.5 Å². The van der Waals surface area contributed by atoms with Crippen LogP contribution < -0.4 is 5.32 Å². The smallest absolute Gasteiger partial charge is 0.358 e. The highest BCUT2D eigenvalue weighted by Crippen LogP contribution is 2.25. The zero-order valence-corrected chi connectivity index (χ0v) is 11.3. The van der Waals surface area contributed by atoms with Crippen molar-refractivity contribution in [3.05, 3.63) is 17.8 Å². The van der Waals surface area contributed by atoms with Crippen molar-refractivity contribution in [3.8, 4) is 0 Å². The minimum Gasteiger partial charge on any atom is -0.464 e. The number of anilines is 1. The molecule has 2 rings (SSSR count). The maximum atomic E-state index is 11.8. The number of nitrogens with zero attached hydrogens (tertiary/aromatic N) is 1. The van der Waals surface area contributed by atoms with Crippen molar-refractivity contribution in [2.75, 3.05) is 18.2 Å². The highest BCUT2D eigenvalue weighted by atomic mass is 32.2. The third-order valence-electron chi connectivity index (χ3n) is 2.67. The first-order valence-electron chi connectivity index (χ1n) is 5.90. The van der Waals surface area contributed by atoms with E-state index < -0.39 is 16.8 Å². The molecule has 1 aromatic rings. The van der Waals surface area contributed by atoms with E-state index in [1.54, 1.807) is 19.1 Å².